The van der Waals surface area contributed by atoms with Crippen molar-refractivity contribution in [1.82, 2.24) is 0 Å². The fourth-order valence-corrected chi connectivity index (χ4v) is 7.65. The Morgan fingerprint density at radius 1 is 0.538 bits per heavy atom. The smallest absolute Gasteiger partial charge is 0.432 e. The van der Waals surface area contributed by atoms with E-state index in [1.807, 2.05) is 0 Å². The Kier molecular flexibility index (Phi) is 13.1. The third kappa shape index (κ3) is 8.03. The van der Waals surface area contributed by atoms with Crippen molar-refractivity contribution in [1.29, 1.82) is 0 Å². The van der Waals surface area contributed by atoms with Crippen molar-refractivity contribution in [3.8, 4) is 22.8 Å². The van der Waals surface area contributed by atoms with Gasteiger partial charge in [-0.1, -0.05) is 104 Å². The zero-order valence-corrected chi connectivity index (χ0v) is 34.2. The first-order chi connectivity index (χ1) is 30.6. The largest absolute Gasteiger partial charge is 0.463 e. The van der Waals surface area contributed by atoms with Crippen LogP contribution < -0.4 is 9.47 Å². The van der Waals surface area contributed by atoms with E-state index in [0.717, 1.165) is 85.1 Å². The van der Waals surface area contributed by atoms with Crippen LogP contribution in [-0.2, 0) is 50.1 Å². The van der Waals surface area contributed by atoms with Crippen molar-refractivity contribution in [3.63, 3.8) is 0 Å². The molecule has 0 bridgehead atoms. The number of hydrogen-bond donors (Lipinski definition) is 0. The van der Waals surface area contributed by atoms with Crippen LogP contribution in [0.15, 0.2) is 120 Å². The molecule has 4 aromatic carbocycles. The summed E-state index contributed by atoms with van der Waals surface area (Å²) < 4.78 is 171. The molecule has 344 valence electrons. The number of esters is 3. The Morgan fingerprint density at radius 3 is 1.26 bits per heavy atom. The van der Waals surface area contributed by atoms with Crippen LogP contribution in [-0.4, -0.2) is 63.5 Å². The number of ether oxygens (including phenoxy) is 6. The SMILES string of the molecule is CO[C@@](C(=O)Oc1cccc(OC(=O)[C@](OC)(c2ccccc2)C(F)(F)F)c1-c1occ2c1C(=O)C[C@@H](C)[C@H]2OC(=O)[C@](OC)(c1ccccc1)C(F)(F)F)(c1ccccc1)C(F)(F)F. The molecule has 1 aliphatic carbocycles. The van der Waals surface area contributed by atoms with Crippen molar-refractivity contribution >= 4 is 23.7 Å². The Morgan fingerprint density at radius 2 is 0.908 bits per heavy atom. The molecule has 6 rings (SSSR count). The average molecular weight is 923 g/mol. The first kappa shape index (κ1) is 48.0. The van der Waals surface area contributed by atoms with Crippen LogP contribution in [0, 0.1) is 5.92 Å². The van der Waals surface area contributed by atoms with Crippen molar-refractivity contribution < 1.29 is 91.5 Å². The standard InChI is InChI=1S/C45H35F9O11/c1-25-23-30(55)33-29(35(25)65-39(58)42(61-4,45(52,53)54)28-19-12-7-13-20-28)24-62-36(33)34-31(63-37(56)40(59-2,43(46,47)48)26-15-8-5-9-16-26)21-14-22-32(34)64-38(57)41(60-3,44(49,50)51)27-17-10-6-11-18-27/h5-22,24-25,35H,23H2,1-4H3/t25-,35-,40-,41-,42-/m1/s1. The maximum Gasteiger partial charge on any atom is 0.432 e. The molecule has 11 nitrogen and oxygen atoms in total. The minimum absolute atomic E-state index is 0.438. The van der Waals surface area contributed by atoms with E-state index in [1.54, 1.807) is 0 Å². The van der Waals surface area contributed by atoms with Gasteiger partial charge in [-0.05, 0) is 12.1 Å². The molecule has 0 aliphatic heterocycles. The van der Waals surface area contributed by atoms with E-state index >= 15 is 26.3 Å². The fraction of sp³-hybridized carbons (Fsp3) is 0.289. The lowest BCUT2D eigenvalue weighted by molar-refractivity contribution is -0.279. The Balaban J connectivity index is 1.56. The minimum Gasteiger partial charge on any atom is -0.463 e. The molecule has 1 aliphatic rings. The van der Waals surface area contributed by atoms with Gasteiger partial charge < -0.3 is 32.8 Å². The molecule has 0 spiro atoms. The molecule has 65 heavy (non-hydrogen) atoms. The molecule has 20 heteroatoms. The number of fused-ring (bicyclic) bond motifs is 1. The van der Waals surface area contributed by atoms with Gasteiger partial charge in [-0.3, -0.25) is 4.79 Å². The van der Waals surface area contributed by atoms with Crippen LogP contribution in [0.25, 0.3) is 11.3 Å². The van der Waals surface area contributed by atoms with Crippen LogP contribution in [0.1, 0.15) is 52.1 Å². The second-order valence-corrected chi connectivity index (χ2v) is 14.5. The molecule has 5 aromatic rings. The molecular formula is C45H35F9O11. The summed E-state index contributed by atoms with van der Waals surface area (Å²) in [5.74, 6) is -11.3. The maximum absolute atomic E-state index is 15.0. The molecule has 0 radical (unpaired) electrons. The summed E-state index contributed by atoms with van der Waals surface area (Å²) in [5.41, 5.74) is -15.7. The Labute approximate surface area is 362 Å². The maximum atomic E-state index is 15.0. The third-order valence-corrected chi connectivity index (χ3v) is 10.8. The highest BCUT2D eigenvalue weighted by Gasteiger charge is 2.67. The van der Waals surface area contributed by atoms with E-state index in [1.165, 1.54) is 37.3 Å². The van der Waals surface area contributed by atoms with Crippen LogP contribution in [0.5, 0.6) is 11.5 Å². The summed E-state index contributed by atoms with van der Waals surface area (Å²) in [6.07, 6.45) is -18.2. The van der Waals surface area contributed by atoms with E-state index in [0.29, 0.717) is 21.3 Å². The molecular weight excluding hydrogens is 887 g/mol. The van der Waals surface area contributed by atoms with Crippen LogP contribution in [0.4, 0.5) is 39.5 Å². The van der Waals surface area contributed by atoms with E-state index in [2.05, 4.69) is 0 Å². The first-order valence-corrected chi connectivity index (χ1v) is 19.0. The predicted octanol–water partition coefficient (Wildman–Crippen LogP) is 9.88. The van der Waals surface area contributed by atoms with Crippen molar-refractivity contribution in [2.24, 2.45) is 5.92 Å². The third-order valence-electron chi connectivity index (χ3n) is 10.8. The van der Waals surface area contributed by atoms with Crippen molar-refractivity contribution in [2.75, 3.05) is 21.3 Å². The number of rotatable bonds is 13. The average Bonchev–Trinajstić information content (AvgIpc) is 3.69. The van der Waals surface area contributed by atoms with Crippen LogP contribution in [0.3, 0.4) is 0 Å². The number of carbonyl (C=O) groups is 4. The second kappa shape index (κ2) is 17.8. The van der Waals surface area contributed by atoms with E-state index in [-0.39, 0.29) is 0 Å². The lowest BCUT2D eigenvalue weighted by Crippen LogP contribution is -2.53. The van der Waals surface area contributed by atoms with Gasteiger partial charge >= 0.3 is 36.4 Å². The minimum atomic E-state index is -5.56. The van der Waals surface area contributed by atoms with Gasteiger partial charge in [0.2, 0.25) is 0 Å². The van der Waals surface area contributed by atoms with Crippen molar-refractivity contribution in [3.05, 3.63) is 143 Å². The summed E-state index contributed by atoms with van der Waals surface area (Å²) >= 11 is 0. The van der Waals surface area contributed by atoms with Crippen molar-refractivity contribution in [2.45, 2.75) is 54.8 Å². The molecule has 5 atom stereocenters. The zero-order valence-electron chi connectivity index (χ0n) is 34.2. The second-order valence-electron chi connectivity index (χ2n) is 14.5. The monoisotopic (exact) mass is 922 g/mol. The van der Waals surface area contributed by atoms with Crippen LogP contribution in [0.2, 0.25) is 0 Å². The first-order valence-electron chi connectivity index (χ1n) is 19.0. The summed E-state index contributed by atoms with van der Waals surface area (Å²) in [7, 11) is 1.71. The number of halogens is 9. The van der Waals surface area contributed by atoms with Gasteiger partial charge in [0.25, 0.3) is 16.8 Å². The number of Topliss-reactive ketones (excluding diaryl/α,β-unsaturated/α-hetero) is 1. The highest BCUT2D eigenvalue weighted by atomic mass is 19.4. The lowest BCUT2D eigenvalue weighted by atomic mass is 9.81. The van der Waals surface area contributed by atoms with Gasteiger partial charge in [0.1, 0.15) is 23.2 Å². The molecule has 0 amide bonds. The number of hydrogen-bond acceptors (Lipinski definition) is 11. The highest BCUT2D eigenvalue weighted by Crippen LogP contribution is 2.52. The molecule has 0 N–H and O–H groups in total. The van der Waals surface area contributed by atoms with Gasteiger partial charge in [-0.25, -0.2) is 14.4 Å². The highest BCUT2D eigenvalue weighted by molar-refractivity contribution is 6.05. The van der Waals surface area contributed by atoms with Gasteiger partial charge in [0.05, 0.1) is 11.8 Å². The van der Waals surface area contributed by atoms with E-state index in [4.69, 9.17) is 32.8 Å². The summed E-state index contributed by atoms with van der Waals surface area (Å²) in [5, 5.41) is 0. The number of alkyl halides is 9. The molecule has 0 unspecified atom stereocenters. The normalized spacial score (nSPS) is 18.3. The van der Waals surface area contributed by atoms with E-state index in [9.17, 15) is 32.3 Å². The summed E-state index contributed by atoms with van der Waals surface area (Å²) in [4.78, 5) is 55.7. The number of benzene rings is 4. The van der Waals surface area contributed by atoms with Gasteiger partial charge in [-0.2, -0.15) is 39.5 Å². The Hall–Kier alpha value is -6.51. The molecule has 1 aromatic heterocycles. The van der Waals surface area contributed by atoms with Crippen LogP contribution >= 0.6 is 0 Å². The Bertz CT molecular complexity index is 2440. The number of ketones is 1. The number of methoxy groups -OCH3 is 3. The fourth-order valence-electron chi connectivity index (χ4n) is 7.65. The molecule has 0 saturated carbocycles. The predicted molar refractivity (Wildman–Crippen MR) is 206 cm³/mol. The van der Waals surface area contributed by atoms with Gasteiger partial charge in [0, 0.05) is 55.9 Å². The summed E-state index contributed by atoms with van der Waals surface area (Å²) in [6.45, 7) is 1.33. The lowest BCUT2D eigenvalue weighted by Gasteiger charge is -2.35. The molecule has 0 fully saturated rings. The quantitative estimate of drug-likeness (QED) is 0.0634. The molecule has 1 heterocycles. The van der Waals surface area contributed by atoms with Gasteiger partial charge in [0.15, 0.2) is 11.5 Å². The van der Waals surface area contributed by atoms with E-state index < -0.39 is 128 Å². The topological polar surface area (TPSA) is 137 Å². The summed E-state index contributed by atoms with van der Waals surface area (Å²) in [6, 6.07) is 19.1. The zero-order chi connectivity index (χ0) is 47.8. The van der Waals surface area contributed by atoms with Gasteiger partial charge in [-0.15, -0.1) is 0 Å². The molecule has 0 saturated heterocycles. The number of carbonyl (C=O) groups excluding carboxylic acids is 4. The number of furan rings is 1.